The van der Waals surface area contributed by atoms with Gasteiger partial charge in [-0.3, -0.25) is 4.79 Å². The van der Waals surface area contributed by atoms with Crippen LogP contribution in [0.5, 0.6) is 0 Å². The summed E-state index contributed by atoms with van der Waals surface area (Å²) in [7, 11) is 0. The number of carbonyl (C=O) groups excluding carboxylic acids is 1. The van der Waals surface area contributed by atoms with Gasteiger partial charge in [0.1, 0.15) is 5.78 Å². The highest BCUT2D eigenvalue weighted by molar-refractivity contribution is 5.96. The van der Waals surface area contributed by atoms with Crippen LogP contribution in [0.3, 0.4) is 0 Å². The average Bonchev–Trinajstić information content (AvgIpc) is 2.27. The Kier molecular flexibility index (Phi) is 2.29. The van der Waals surface area contributed by atoms with Gasteiger partial charge in [-0.15, -0.1) is 0 Å². The molecule has 0 amide bonds. The number of benzene rings is 2. The molecule has 1 saturated carbocycles. The average molecular weight is 224 g/mol. The highest BCUT2D eigenvalue weighted by Gasteiger charge is 2.43. The van der Waals surface area contributed by atoms with Gasteiger partial charge in [-0.25, -0.2) is 0 Å². The Labute approximate surface area is 101 Å². The maximum atomic E-state index is 12.0. The van der Waals surface area contributed by atoms with Crippen molar-refractivity contribution in [2.45, 2.75) is 31.6 Å². The monoisotopic (exact) mass is 224 g/mol. The van der Waals surface area contributed by atoms with Crippen molar-refractivity contribution < 1.29 is 4.79 Å². The van der Waals surface area contributed by atoms with Gasteiger partial charge in [-0.05, 0) is 36.1 Å². The molecular weight excluding hydrogens is 208 g/mol. The molecule has 1 heteroatoms. The van der Waals surface area contributed by atoms with Crippen LogP contribution in [0.2, 0.25) is 0 Å². The first-order valence-electron chi connectivity index (χ1n) is 6.23. The molecule has 0 spiro atoms. The van der Waals surface area contributed by atoms with Gasteiger partial charge < -0.3 is 0 Å². The van der Waals surface area contributed by atoms with E-state index < -0.39 is 0 Å². The minimum absolute atomic E-state index is 0.194. The lowest BCUT2D eigenvalue weighted by molar-refractivity contribution is -0.125. The summed E-state index contributed by atoms with van der Waals surface area (Å²) in [6.07, 6.45) is 3.19. The molecule has 2 aromatic rings. The normalized spacial score (nSPS) is 17.7. The van der Waals surface area contributed by atoms with E-state index in [1.165, 1.54) is 22.8 Å². The number of ketones is 1. The maximum absolute atomic E-state index is 12.0. The van der Waals surface area contributed by atoms with Gasteiger partial charge in [0, 0.05) is 0 Å². The van der Waals surface area contributed by atoms with E-state index in [2.05, 4.69) is 36.4 Å². The molecule has 0 unspecified atom stereocenters. The molecule has 0 radical (unpaired) electrons. The molecule has 3 rings (SSSR count). The summed E-state index contributed by atoms with van der Waals surface area (Å²) in [5.41, 5.74) is 1.04. The molecule has 0 aliphatic heterocycles. The number of Topliss-reactive ketones (excluding diaryl/α,β-unsaturated/α-hetero) is 1. The summed E-state index contributed by atoms with van der Waals surface area (Å²) in [6.45, 7) is 1.74. The van der Waals surface area contributed by atoms with Crippen LogP contribution in [-0.4, -0.2) is 5.78 Å². The summed E-state index contributed by atoms with van der Waals surface area (Å²) in [5, 5.41) is 2.47. The van der Waals surface area contributed by atoms with E-state index in [1.807, 2.05) is 6.07 Å². The summed E-state index contributed by atoms with van der Waals surface area (Å²) < 4.78 is 0. The maximum Gasteiger partial charge on any atom is 0.140 e. The fraction of sp³-hybridized carbons (Fsp3) is 0.312. The molecule has 0 bridgehead atoms. The number of fused-ring (bicyclic) bond motifs is 1. The molecule has 0 saturated heterocycles. The molecule has 1 aliphatic carbocycles. The number of hydrogen-bond acceptors (Lipinski definition) is 1. The van der Waals surface area contributed by atoms with Gasteiger partial charge in [0.05, 0.1) is 5.41 Å². The van der Waals surface area contributed by atoms with E-state index in [4.69, 9.17) is 0 Å². The molecular formula is C16H16O. The lowest BCUT2D eigenvalue weighted by Crippen LogP contribution is -2.41. The van der Waals surface area contributed by atoms with Gasteiger partial charge in [0.25, 0.3) is 0 Å². The Balaban J connectivity index is 2.27. The zero-order valence-electron chi connectivity index (χ0n) is 10.1. The summed E-state index contributed by atoms with van der Waals surface area (Å²) in [6, 6.07) is 14.7. The van der Waals surface area contributed by atoms with Crippen molar-refractivity contribution in [2.24, 2.45) is 0 Å². The highest BCUT2D eigenvalue weighted by atomic mass is 16.1. The molecule has 0 N–H and O–H groups in total. The van der Waals surface area contributed by atoms with E-state index >= 15 is 0 Å². The Bertz CT molecular complexity index is 574. The van der Waals surface area contributed by atoms with Crippen LogP contribution >= 0.6 is 0 Å². The minimum atomic E-state index is -0.194. The van der Waals surface area contributed by atoms with E-state index in [1.54, 1.807) is 6.92 Å². The Hall–Kier alpha value is -1.63. The van der Waals surface area contributed by atoms with E-state index in [0.717, 1.165) is 12.8 Å². The largest absolute Gasteiger partial charge is 0.299 e. The first-order chi connectivity index (χ1) is 8.24. The number of hydrogen-bond donors (Lipinski definition) is 0. The van der Waals surface area contributed by atoms with E-state index in [-0.39, 0.29) is 5.41 Å². The first-order valence-corrected chi connectivity index (χ1v) is 6.23. The lowest BCUT2D eigenvalue weighted by Gasteiger charge is -2.40. The molecule has 1 nitrogen and oxygen atoms in total. The summed E-state index contributed by atoms with van der Waals surface area (Å²) in [4.78, 5) is 12.0. The summed E-state index contributed by atoms with van der Waals surface area (Å²) >= 11 is 0. The SMILES string of the molecule is CC(=O)C1(c2cccc3ccccc23)CCC1. The number of rotatable bonds is 2. The zero-order chi connectivity index (χ0) is 11.9. The molecule has 0 atom stereocenters. The third kappa shape index (κ3) is 1.42. The van der Waals surface area contributed by atoms with Crippen molar-refractivity contribution in [2.75, 3.05) is 0 Å². The van der Waals surface area contributed by atoms with Crippen LogP contribution in [0.1, 0.15) is 31.7 Å². The third-order valence-electron chi connectivity index (χ3n) is 4.19. The second-order valence-corrected chi connectivity index (χ2v) is 5.02. The highest BCUT2D eigenvalue weighted by Crippen LogP contribution is 2.46. The van der Waals surface area contributed by atoms with Gasteiger partial charge in [-0.1, -0.05) is 48.9 Å². The molecule has 0 heterocycles. The van der Waals surface area contributed by atoms with E-state index in [9.17, 15) is 4.79 Å². The molecule has 2 aromatic carbocycles. The van der Waals surface area contributed by atoms with Crippen LogP contribution in [0.15, 0.2) is 42.5 Å². The fourth-order valence-corrected chi connectivity index (χ4v) is 2.98. The van der Waals surface area contributed by atoms with Crippen molar-refractivity contribution in [1.29, 1.82) is 0 Å². The quantitative estimate of drug-likeness (QED) is 0.757. The topological polar surface area (TPSA) is 17.1 Å². The van der Waals surface area contributed by atoms with Crippen LogP contribution in [0.4, 0.5) is 0 Å². The van der Waals surface area contributed by atoms with E-state index in [0.29, 0.717) is 5.78 Å². The molecule has 0 aromatic heterocycles. The standard InChI is InChI=1S/C16H16O/c1-12(17)16(10-5-11-16)15-9-4-7-13-6-2-3-8-14(13)15/h2-4,6-9H,5,10-11H2,1H3. The van der Waals surface area contributed by atoms with Crippen molar-refractivity contribution >= 4 is 16.6 Å². The van der Waals surface area contributed by atoms with Crippen molar-refractivity contribution in [3.8, 4) is 0 Å². The smallest absolute Gasteiger partial charge is 0.140 e. The van der Waals surface area contributed by atoms with Crippen molar-refractivity contribution in [3.05, 3.63) is 48.0 Å². The second-order valence-electron chi connectivity index (χ2n) is 5.02. The van der Waals surface area contributed by atoms with Crippen LogP contribution in [0, 0.1) is 0 Å². The van der Waals surface area contributed by atoms with Gasteiger partial charge in [0.2, 0.25) is 0 Å². The Morgan fingerprint density at radius 3 is 2.41 bits per heavy atom. The second kappa shape index (κ2) is 3.69. The third-order valence-corrected chi connectivity index (χ3v) is 4.19. The molecule has 17 heavy (non-hydrogen) atoms. The van der Waals surface area contributed by atoms with Gasteiger partial charge >= 0.3 is 0 Å². The van der Waals surface area contributed by atoms with Crippen molar-refractivity contribution in [3.63, 3.8) is 0 Å². The fourth-order valence-electron chi connectivity index (χ4n) is 2.98. The Morgan fingerprint density at radius 2 is 1.76 bits per heavy atom. The van der Waals surface area contributed by atoms with Gasteiger partial charge in [0.15, 0.2) is 0 Å². The predicted octanol–water partition coefficient (Wildman–Crippen LogP) is 3.85. The summed E-state index contributed by atoms with van der Waals surface area (Å²) in [5.74, 6) is 0.320. The molecule has 1 fully saturated rings. The van der Waals surface area contributed by atoms with Crippen molar-refractivity contribution in [1.82, 2.24) is 0 Å². The minimum Gasteiger partial charge on any atom is -0.299 e. The molecule has 86 valence electrons. The van der Waals surface area contributed by atoms with Crippen LogP contribution in [-0.2, 0) is 10.2 Å². The zero-order valence-corrected chi connectivity index (χ0v) is 10.1. The first kappa shape index (κ1) is 10.5. The predicted molar refractivity (Wildman–Crippen MR) is 70.2 cm³/mol. The van der Waals surface area contributed by atoms with Gasteiger partial charge in [-0.2, -0.15) is 0 Å². The Morgan fingerprint density at radius 1 is 1.06 bits per heavy atom. The molecule has 1 aliphatic rings. The lowest BCUT2D eigenvalue weighted by atomic mass is 9.61. The van der Waals surface area contributed by atoms with Crippen LogP contribution < -0.4 is 0 Å². The van der Waals surface area contributed by atoms with Crippen LogP contribution in [0.25, 0.3) is 10.8 Å². The number of carbonyl (C=O) groups is 1.